The van der Waals surface area contributed by atoms with Gasteiger partial charge in [0.2, 0.25) is 0 Å². The zero-order valence-corrected chi connectivity index (χ0v) is 18.5. The van der Waals surface area contributed by atoms with E-state index in [0.717, 1.165) is 36.3 Å². The molecule has 1 fully saturated rings. The Hall–Kier alpha value is -1.08. The van der Waals surface area contributed by atoms with Crippen LogP contribution in [0.15, 0.2) is 60.7 Å². The number of nitrogens with zero attached hydrogens (tertiary/aromatic N) is 2. The molecule has 1 aliphatic carbocycles. The summed E-state index contributed by atoms with van der Waals surface area (Å²) in [6, 6.07) is 20.6. The van der Waals surface area contributed by atoms with E-state index in [2.05, 4.69) is 55.5 Å². The summed E-state index contributed by atoms with van der Waals surface area (Å²) in [7, 11) is 0. The van der Waals surface area contributed by atoms with Crippen molar-refractivity contribution in [2.75, 3.05) is 13.1 Å². The molecule has 0 radical (unpaired) electrons. The second-order valence-corrected chi connectivity index (χ2v) is 6.73. The number of para-hydroxylation sites is 2. The Morgan fingerprint density at radius 3 is 1.54 bits per heavy atom. The van der Waals surface area contributed by atoms with Gasteiger partial charge in [0.05, 0.1) is 0 Å². The van der Waals surface area contributed by atoms with Crippen LogP contribution in [0.1, 0.15) is 32.6 Å². The minimum Gasteiger partial charge on any atom is -0.684 e. The van der Waals surface area contributed by atoms with Gasteiger partial charge >= 0.3 is 26.2 Å². The van der Waals surface area contributed by atoms with Crippen molar-refractivity contribution in [2.24, 2.45) is 11.8 Å². The van der Waals surface area contributed by atoms with E-state index in [9.17, 15) is 0 Å². The van der Waals surface area contributed by atoms with E-state index < -0.39 is 0 Å². The molecule has 0 amide bonds. The number of hydrogen-bond donors (Lipinski definition) is 0. The largest absolute Gasteiger partial charge is 4.00 e. The summed E-state index contributed by atoms with van der Waals surface area (Å²) in [5.41, 5.74) is 2.21. The summed E-state index contributed by atoms with van der Waals surface area (Å²) in [4.78, 5) is 0. The van der Waals surface area contributed by atoms with Crippen LogP contribution < -0.4 is 0 Å². The van der Waals surface area contributed by atoms with Crippen molar-refractivity contribution in [1.29, 1.82) is 0 Å². The molecule has 1 aliphatic rings. The van der Waals surface area contributed by atoms with Gasteiger partial charge in [-0.15, -0.1) is 24.5 Å². The first-order valence-electron chi connectivity index (χ1n) is 9.11. The molecule has 3 rings (SSSR count). The standard InChI is InChI=1S/C22H27N2.CH3.Zr/c1-18-19(14-16-23-21-8-4-2-5-9-21)12-13-20(18)15-17-24-22-10-6-3-7-11-22;;/h2-11,19-20H,12-17H2,1H3;1H3;/q-3;-1;+4. The second-order valence-electron chi connectivity index (χ2n) is 6.73. The zero-order chi connectivity index (χ0) is 16.6. The fraction of sp³-hybridized carbons (Fsp3) is 0.391. The molecule has 2 nitrogen and oxygen atoms in total. The SMILES string of the molecule is C[C-]1C(CC[N-]c2ccccc2)CCC1CC[N-]c1ccccc1.[CH3-].[Zr+4]. The number of rotatable bonds is 8. The van der Waals surface area contributed by atoms with Crippen LogP contribution in [0.5, 0.6) is 0 Å². The molecule has 0 N–H and O–H groups in total. The van der Waals surface area contributed by atoms with Crippen molar-refractivity contribution in [3.63, 3.8) is 0 Å². The van der Waals surface area contributed by atoms with Gasteiger partial charge in [-0.3, -0.25) is 0 Å². The molecular formula is C23H30N2Zr. The van der Waals surface area contributed by atoms with Crippen LogP contribution in [0.2, 0.25) is 0 Å². The van der Waals surface area contributed by atoms with E-state index in [-0.39, 0.29) is 33.6 Å². The quantitative estimate of drug-likeness (QED) is 0.399. The topological polar surface area (TPSA) is 28.2 Å². The third kappa shape index (κ3) is 6.91. The van der Waals surface area contributed by atoms with Crippen LogP contribution in [0.25, 0.3) is 10.6 Å². The van der Waals surface area contributed by atoms with Crippen LogP contribution in [0.3, 0.4) is 0 Å². The van der Waals surface area contributed by atoms with Crippen molar-refractivity contribution in [2.45, 2.75) is 32.6 Å². The van der Waals surface area contributed by atoms with Crippen molar-refractivity contribution in [3.05, 3.63) is 84.6 Å². The van der Waals surface area contributed by atoms with Gasteiger partial charge in [0, 0.05) is 0 Å². The van der Waals surface area contributed by atoms with E-state index in [4.69, 9.17) is 10.6 Å². The van der Waals surface area contributed by atoms with E-state index in [1.54, 1.807) is 5.92 Å². The van der Waals surface area contributed by atoms with Crippen molar-refractivity contribution in [1.82, 2.24) is 0 Å². The maximum atomic E-state index is 4.70. The molecule has 0 spiro atoms. The molecule has 26 heavy (non-hydrogen) atoms. The Morgan fingerprint density at radius 1 is 0.769 bits per heavy atom. The Bertz CT molecular complexity index is 534. The van der Waals surface area contributed by atoms with Gasteiger partial charge < -0.3 is 24.0 Å². The molecule has 2 unspecified atom stereocenters. The molecule has 0 saturated heterocycles. The normalized spacial score (nSPS) is 19.3. The summed E-state index contributed by atoms with van der Waals surface area (Å²) in [6.07, 6.45) is 5.03. The van der Waals surface area contributed by atoms with E-state index >= 15 is 0 Å². The van der Waals surface area contributed by atoms with Gasteiger partial charge in [-0.25, -0.2) is 0 Å². The molecule has 0 bridgehead atoms. The fourth-order valence-electron chi connectivity index (χ4n) is 3.70. The Balaban J connectivity index is 0.00000169. The van der Waals surface area contributed by atoms with Crippen molar-refractivity contribution in [3.8, 4) is 0 Å². The first kappa shape index (κ1) is 23.0. The average Bonchev–Trinajstić information content (AvgIpc) is 2.97. The smallest absolute Gasteiger partial charge is 0.684 e. The molecule has 136 valence electrons. The molecule has 3 heteroatoms. The van der Waals surface area contributed by atoms with Gasteiger partial charge in [-0.1, -0.05) is 86.3 Å². The predicted octanol–water partition coefficient (Wildman–Crippen LogP) is 7.25. The van der Waals surface area contributed by atoms with Crippen molar-refractivity contribution < 1.29 is 26.2 Å². The minimum absolute atomic E-state index is 0. The summed E-state index contributed by atoms with van der Waals surface area (Å²) in [5.74, 6) is 3.18. The third-order valence-corrected chi connectivity index (χ3v) is 5.21. The second kappa shape index (κ2) is 12.3. The van der Waals surface area contributed by atoms with Crippen LogP contribution in [-0.2, 0) is 26.2 Å². The first-order valence-corrected chi connectivity index (χ1v) is 9.11. The maximum absolute atomic E-state index is 4.70. The minimum atomic E-state index is 0. The van der Waals surface area contributed by atoms with Gasteiger partial charge in [-0.2, -0.15) is 18.8 Å². The van der Waals surface area contributed by atoms with E-state index in [1.165, 1.54) is 25.7 Å². The summed E-state index contributed by atoms with van der Waals surface area (Å²) >= 11 is 0. The summed E-state index contributed by atoms with van der Waals surface area (Å²) < 4.78 is 0. The van der Waals surface area contributed by atoms with Crippen molar-refractivity contribution >= 4 is 11.4 Å². The van der Waals surface area contributed by atoms with Crippen LogP contribution in [-0.4, -0.2) is 13.1 Å². The van der Waals surface area contributed by atoms with Gasteiger partial charge in [0.25, 0.3) is 0 Å². The molecule has 0 aliphatic heterocycles. The molecule has 1 saturated carbocycles. The average molecular weight is 426 g/mol. The third-order valence-electron chi connectivity index (χ3n) is 5.21. The Morgan fingerprint density at radius 2 is 1.15 bits per heavy atom. The molecule has 0 heterocycles. The van der Waals surface area contributed by atoms with Crippen LogP contribution in [0, 0.1) is 25.2 Å². The fourth-order valence-corrected chi connectivity index (χ4v) is 3.70. The zero-order valence-electron chi connectivity index (χ0n) is 16.1. The number of hydrogen-bond acceptors (Lipinski definition) is 0. The monoisotopic (exact) mass is 424 g/mol. The number of benzene rings is 2. The maximum Gasteiger partial charge on any atom is 4.00 e. The van der Waals surface area contributed by atoms with Crippen LogP contribution >= 0.6 is 0 Å². The Kier molecular flexibility index (Phi) is 10.9. The molecule has 2 atom stereocenters. The summed E-state index contributed by atoms with van der Waals surface area (Å²) in [5, 5.41) is 9.40. The summed E-state index contributed by atoms with van der Waals surface area (Å²) in [6.45, 7) is 4.23. The van der Waals surface area contributed by atoms with Gasteiger partial charge in [0.15, 0.2) is 0 Å². The first-order chi connectivity index (χ1) is 11.8. The van der Waals surface area contributed by atoms with E-state index in [0.29, 0.717) is 0 Å². The van der Waals surface area contributed by atoms with Crippen LogP contribution in [0.4, 0.5) is 11.4 Å². The predicted molar refractivity (Wildman–Crippen MR) is 109 cm³/mol. The molecule has 2 aromatic rings. The van der Waals surface area contributed by atoms with Gasteiger partial charge in [0.1, 0.15) is 0 Å². The van der Waals surface area contributed by atoms with Gasteiger partial charge in [-0.05, 0) is 0 Å². The molecule has 2 aromatic carbocycles. The van der Waals surface area contributed by atoms with E-state index in [1.807, 2.05) is 12.1 Å². The molecular weight excluding hydrogens is 395 g/mol. The molecule has 0 aromatic heterocycles. The Labute approximate surface area is 179 Å².